The molecule has 2 heterocycles. The van der Waals surface area contributed by atoms with Crippen molar-refractivity contribution in [3.63, 3.8) is 0 Å². The third-order valence-corrected chi connectivity index (χ3v) is 3.10. The molecule has 21 heavy (non-hydrogen) atoms. The van der Waals surface area contributed by atoms with Crippen molar-refractivity contribution in [1.82, 2.24) is 19.7 Å². The molecule has 0 aliphatic rings. The van der Waals surface area contributed by atoms with E-state index in [1.165, 1.54) is 0 Å². The number of halogens is 1. The molecule has 0 bridgehead atoms. The van der Waals surface area contributed by atoms with Crippen molar-refractivity contribution in [3.05, 3.63) is 65.8 Å². The van der Waals surface area contributed by atoms with E-state index in [2.05, 4.69) is 20.5 Å². The van der Waals surface area contributed by atoms with Gasteiger partial charge >= 0.3 is 0 Å². The second-order valence-electron chi connectivity index (χ2n) is 4.18. The number of amides is 1. The molecule has 0 saturated heterocycles. The fourth-order valence-electron chi connectivity index (χ4n) is 1.73. The van der Waals surface area contributed by atoms with Crippen LogP contribution >= 0.6 is 11.6 Å². The molecule has 1 N–H and O–H groups in total. The summed E-state index contributed by atoms with van der Waals surface area (Å²) in [6, 6.07) is 10.3. The predicted molar refractivity (Wildman–Crippen MR) is 78.6 cm³/mol. The summed E-state index contributed by atoms with van der Waals surface area (Å²) in [5, 5.41) is 11.0. The lowest BCUT2D eigenvalue weighted by molar-refractivity contribution is 0.102. The monoisotopic (exact) mass is 299 g/mol. The van der Waals surface area contributed by atoms with Crippen LogP contribution in [0.25, 0.3) is 5.82 Å². The number of para-hydroxylation sites is 1. The molecule has 0 radical (unpaired) electrons. The second kappa shape index (κ2) is 5.72. The van der Waals surface area contributed by atoms with Gasteiger partial charge in [0.25, 0.3) is 5.91 Å². The van der Waals surface area contributed by atoms with Gasteiger partial charge in [0.1, 0.15) is 6.33 Å². The molecule has 3 aromatic rings. The van der Waals surface area contributed by atoms with E-state index in [0.717, 1.165) is 0 Å². The summed E-state index contributed by atoms with van der Waals surface area (Å²) in [4.78, 5) is 16.0. The minimum Gasteiger partial charge on any atom is -0.319 e. The van der Waals surface area contributed by atoms with Gasteiger partial charge in [-0.3, -0.25) is 9.36 Å². The minimum absolute atomic E-state index is 0.207. The first-order valence-corrected chi connectivity index (χ1v) is 6.50. The summed E-state index contributed by atoms with van der Waals surface area (Å²) in [7, 11) is 0. The maximum absolute atomic E-state index is 12.1. The highest BCUT2D eigenvalue weighted by atomic mass is 35.5. The summed E-state index contributed by atoms with van der Waals surface area (Å²) in [5.74, 6) is 0.217. The van der Waals surface area contributed by atoms with Crippen molar-refractivity contribution in [2.24, 2.45) is 0 Å². The van der Waals surface area contributed by atoms with Crippen LogP contribution in [0.15, 0.2) is 55.1 Å². The van der Waals surface area contributed by atoms with E-state index >= 15 is 0 Å². The molecule has 0 spiro atoms. The van der Waals surface area contributed by atoms with Crippen LogP contribution in [-0.4, -0.2) is 25.7 Å². The average molecular weight is 300 g/mol. The van der Waals surface area contributed by atoms with Gasteiger partial charge in [-0.1, -0.05) is 23.7 Å². The van der Waals surface area contributed by atoms with Crippen LogP contribution in [0.2, 0.25) is 5.02 Å². The van der Waals surface area contributed by atoms with Crippen LogP contribution in [0, 0.1) is 0 Å². The SMILES string of the molecule is O=C(Nc1ccccc1Cl)c1ccc(-n2ccnc2)nn1. The van der Waals surface area contributed by atoms with Crippen molar-refractivity contribution in [3.8, 4) is 5.82 Å². The number of hydrogen-bond donors (Lipinski definition) is 1. The van der Waals surface area contributed by atoms with Crippen LogP contribution in [0.5, 0.6) is 0 Å². The molecule has 2 aromatic heterocycles. The molecule has 3 rings (SSSR count). The summed E-state index contributed by atoms with van der Waals surface area (Å²) in [5.41, 5.74) is 0.739. The lowest BCUT2D eigenvalue weighted by atomic mass is 10.3. The molecule has 104 valence electrons. The Balaban J connectivity index is 1.78. The smallest absolute Gasteiger partial charge is 0.276 e. The van der Waals surface area contributed by atoms with E-state index in [0.29, 0.717) is 16.5 Å². The quantitative estimate of drug-likeness (QED) is 0.806. The molecule has 6 nitrogen and oxygen atoms in total. The maximum atomic E-state index is 12.1. The van der Waals surface area contributed by atoms with Gasteiger partial charge in [-0.2, -0.15) is 0 Å². The lowest BCUT2D eigenvalue weighted by Gasteiger charge is -2.06. The van der Waals surface area contributed by atoms with Crippen molar-refractivity contribution >= 4 is 23.2 Å². The highest BCUT2D eigenvalue weighted by Crippen LogP contribution is 2.20. The Hall–Kier alpha value is -2.73. The molecule has 0 aliphatic carbocycles. The van der Waals surface area contributed by atoms with E-state index in [-0.39, 0.29) is 11.6 Å². The van der Waals surface area contributed by atoms with Crippen LogP contribution in [0.4, 0.5) is 5.69 Å². The molecule has 0 saturated carbocycles. The molecular weight excluding hydrogens is 290 g/mol. The Morgan fingerprint density at radius 1 is 1.14 bits per heavy atom. The molecule has 7 heteroatoms. The molecule has 1 aromatic carbocycles. The van der Waals surface area contributed by atoms with E-state index in [4.69, 9.17) is 11.6 Å². The largest absolute Gasteiger partial charge is 0.319 e. The van der Waals surface area contributed by atoms with Gasteiger partial charge in [0.05, 0.1) is 10.7 Å². The third-order valence-electron chi connectivity index (χ3n) is 2.77. The van der Waals surface area contributed by atoms with Gasteiger partial charge in [-0.15, -0.1) is 10.2 Å². The summed E-state index contributed by atoms with van der Waals surface area (Å²) in [6.07, 6.45) is 4.99. The fourth-order valence-corrected chi connectivity index (χ4v) is 1.91. The van der Waals surface area contributed by atoms with Crippen LogP contribution in [0.3, 0.4) is 0 Å². The van der Waals surface area contributed by atoms with Gasteiger partial charge < -0.3 is 5.32 Å². The van der Waals surface area contributed by atoms with E-state index in [1.54, 1.807) is 59.7 Å². The van der Waals surface area contributed by atoms with Crippen molar-refractivity contribution in [2.75, 3.05) is 5.32 Å². The summed E-state index contributed by atoms with van der Waals surface area (Å²) < 4.78 is 1.70. The molecule has 0 atom stereocenters. The highest BCUT2D eigenvalue weighted by Gasteiger charge is 2.10. The Labute approximate surface area is 125 Å². The molecule has 0 aliphatic heterocycles. The van der Waals surface area contributed by atoms with Crippen molar-refractivity contribution in [2.45, 2.75) is 0 Å². The number of imidazole rings is 1. The van der Waals surface area contributed by atoms with E-state index < -0.39 is 0 Å². The Morgan fingerprint density at radius 2 is 2.00 bits per heavy atom. The minimum atomic E-state index is -0.368. The zero-order chi connectivity index (χ0) is 14.7. The maximum Gasteiger partial charge on any atom is 0.276 e. The molecule has 0 unspecified atom stereocenters. The number of carbonyl (C=O) groups excluding carboxylic acids is 1. The second-order valence-corrected chi connectivity index (χ2v) is 4.59. The predicted octanol–water partition coefficient (Wildman–Crippen LogP) is 2.57. The third kappa shape index (κ3) is 2.90. The first-order chi connectivity index (χ1) is 10.2. The van der Waals surface area contributed by atoms with Crippen LogP contribution in [0.1, 0.15) is 10.5 Å². The summed E-state index contributed by atoms with van der Waals surface area (Å²) >= 11 is 5.99. The zero-order valence-corrected chi connectivity index (χ0v) is 11.5. The number of anilines is 1. The van der Waals surface area contributed by atoms with Gasteiger partial charge in [0.2, 0.25) is 0 Å². The molecule has 1 amide bonds. The number of nitrogens with one attached hydrogen (secondary N) is 1. The van der Waals surface area contributed by atoms with E-state index in [9.17, 15) is 4.79 Å². The number of rotatable bonds is 3. The summed E-state index contributed by atoms with van der Waals surface area (Å²) in [6.45, 7) is 0. The highest BCUT2D eigenvalue weighted by molar-refractivity contribution is 6.33. The zero-order valence-electron chi connectivity index (χ0n) is 10.8. The molecular formula is C14H10ClN5O. The first-order valence-electron chi connectivity index (χ1n) is 6.12. The van der Waals surface area contributed by atoms with Crippen LogP contribution in [-0.2, 0) is 0 Å². The lowest BCUT2D eigenvalue weighted by Crippen LogP contribution is -2.15. The fraction of sp³-hybridized carbons (Fsp3) is 0. The number of carbonyl (C=O) groups is 1. The number of benzene rings is 1. The van der Waals surface area contributed by atoms with Gasteiger partial charge in [-0.25, -0.2) is 4.98 Å². The normalized spacial score (nSPS) is 10.3. The van der Waals surface area contributed by atoms with Gasteiger partial charge in [0, 0.05) is 12.4 Å². The number of nitrogens with zero attached hydrogens (tertiary/aromatic N) is 4. The Morgan fingerprint density at radius 3 is 2.67 bits per heavy atom. The van der Waals surface area contributed by atoms with Crippen molar-refractivity contribution in [1.29, 1.82) is 0 Å². The standard InChI is InChI=1S/C14H10ClN5O/c15-10-3-1-2-4-11(10)17-14(21)12-5-6-13(19-18-12)20-8-7-16-9-20/h1-9H,(H,17,21). The molecule has 0 fully saturated rings. The van der Waals surface area contributed by atoms with Crippen LogP contribution < -0.4 is 5.32 Å². The Kier molecular flexibility index (Phi) is 3.61. The number of hydrogen-bond acceptors (Lipinski definition) is 4. The number of aromatic nitrogens is 4. The van der Waals surface area contributed by atoms with Gasteiger partial charge in [0.15, 0.2) is 11.5 Å². The average Bonchev–Trinajstić information content (AvgIpc) is 3.04. The van der Waals surface area contributed by atoms with E-state index in [1.807, 2.05) is 0 Å². The topological polar surface area (TPSA) is 72.7 Å². The Bertz CT molecular complexity index is 755. The van der Waals surface area contributed by atoms with Gasteiger partial charge in [-0.05, 0) is 24.3 Å². The van der Waals surface area contributed by atoms with Crippen molar-refractivity contribution < 1.29 is 4.79 Å². The first kappa shape index (κ1) is 13.3.